The average molecular weight is 294 g/mol. The maximum absolute atomic E-state index is 13.8. The number of esters is 1. The number of methoxy groups -OCH3 is 1. The maximum Gasteiger partial charge on any atom is 0.326 e. The second-order valence-corrected chi connectivity index (χ2v) is 5.17. The normalized spacial score (nSPS) is 16.0. The SMILES string of the molecule is CNC(=O)c1ccc(CNC2(C(=O)OC)CCC2)cc1F. The van der Waals surface area contributed by atoms with Crippen LogP contribution >= 0.6 is 0 Å². The van der Waals surface area contributed by atoms with Crippen molar-refractivity contribution >= 4 is 11.9 Å². The van der Waals surface area contributed by atoms with Crippen LogP contribution in [0.15, 0.2) is 18.2 Å². The van der Waals surface area contributed by atoms with Gasteiger partial charge < -0.3 is 10.1 Å². The topological polar surface area (TPSA) is 67.4 Å². The van der Waals surface area contributed by atoms with Crippen LogP contribution in [0, 0.1) is 5.82 Å². The van der Waals surface area contributed by atoms with Crippen LogP contribution in [0.2, 0.25) is 0 Å². The molecule has 1 aliphatic carbocycles. The molecule has 21 heavy (non-hydrogen) atoms. The predicted octanol–water partition coefficient (Wildman–Crippen LogP) is 1.37. The summed E-state index contributed by atoms with van der Waals surface area (Å²) in [6.45, 7) is 0.347. The Bertz CT molecular complexity index is 556. The molecule has 0 bridgehead atoms. The van der Waals surface area contributed by atoms with Gasteiger partial charge in [0.15, 0.2) is 0 Å². The second-order valence-electron chi connectivity index (χ2n) is 5.17. The fourth-order valence-corrected chi connectivity index (χ4v) is 2.44. The number of benzene rings is 1. The molecule has 0 atom stereocenters. The van der Waals surface area contributed by atoms with Crippen molar-refractivity contribution < 1.29 is 18.7 Å². The molecule has 114 valence electrons. The van der Waals surface area contributed by atoms with Crippen LogP contribution in [0.5, 0.6) is 0 Å². The molecule has 1 amide bonds. The first-order chi connectivity index (χ1) is 10.0. The first-order valence-corrected chi connectivity index (χ1v) is 6.86. The minimum atomic E-state index is -0.648. The molecule has 6 heteroatoms. The van der Waals surface area contributed by atoms with Crippen LogP contribution in [0.4, 0.5) is 4.39 Å². The van der Waals surface area contributed by atoms with Gasteiger partial charge in [0.1, 0.15) is 11.4 Å². The minimum Gasteiger partial charge on any atom is -0.468 e. The van der Waals surface area contributed by atoms with Crippen LogP contribution in [0.25, 0.3) is 0 Å². The summed E-state index contributed by atoms with van der Waals surface area (Å²) in [7, 11) is 2.82. The lowest BCUT2D eigenvalue weighted by Crippen LogP contribution is -2.57. The van der Waals surface area contributed by atoms with Gasteiger partial charge in [-0.2, -0.15) is 0 Å². The summed E-state index contributed by atoms with van der Waals surface area (Å²) in [6.07, 6.45) is 2.41. The molecule has 1 aliphatic rings. The van der Waals surface area contributed by atoms with Crippen molar-refractivity contribution in [3.63, 3.8) is 0 Å². The van der Waals surface area contributed by atoms with Crippen LogP contribution in [0.3, 0.4) is 0 Å². The van der Waals surface area contributed by atoms with Crippen molar-refractivity contribution in [1.82, 2.24) is 10.6 Å². The molecule has 1 saturated carbocycles. The molecule has 0 spiro atoms. The Morgan fingerprint density at radius 3 is 2.57 bits per heavy atom. The Hall–Kier alpha value is -1.95. The predicted molar refractivity (Wildman–Crippen MR) is 75.2 cm³/mol. The fourth-order valence-electron chi connectivity index (χ4n) is 2.44. The van der Waals surface area contributed by atoms with E-state index in [1.165, 1.54) is 26.3 Å². The van der Waals surface area contributed by atoms with E-state index in [4.69, 9.17) is 4.74 Å². The van der Waals surface area contributed by atoms with Crippen LogP contribution in [0.1, 0.15) is 35.2 Å². The van der Waals surface area contributed by atoms with E-state index >= 15 is 0 Å². The van der Waals surface area contributed by atoms with Crippen LogP contribution < -0.4 is 10.6 Å². The molecule has 0 aliphatic heterocycles. The highest BCUT2D eigenvalue weighted by Gasteiger charge is 2.44. The van der Waals surface area contributed by atoms with Gasteiger partial charge in [-0.15, -0.1) is 0 Å². The number of amides is 1. The lowest BCUT2D eigenvalue weighted by atomic mass is 9.76. The van der Waals surface area contributed by atoms with E-state index in [-0.39, 0.29) is 11.5 Å². The monoisotopic (exact) mass is 294 g/mol. The van der Waals surface area contributed by atoms with Gasteiger partial charge in [-0.25, -0.2) is 4.39 Å². The summed E-state index contributed by atoms with van der Waals surface area (Å²) < 4.78 is 18.7. The third kappa shape index (κ3) is 3.05. The highest BCUT2D eigenvalue weighted by Crippen LogP contribution is 2.33. The van der Waals surface area contributed by atoms with Gasteiger partial charge in [-0.3, -0.25) is 14.9 Å². The van der Waals surface area contributed by atoms with Crippen molar-refractivity contribution in [1.29, 1.82) is 0 Å². The summed E-state index contributed by atoms with van der Waals surface area (Å²) >= 11 is 0. The summed E-state index contributed by atoms with van der Waals surface area (Å²) in [5.41, 5.74) is 0.0351. The quantitative estimate of drug-likeness (QED) is 0.805. The zero-order valence-electron chi connectivity index (χ0n) is 12.2. The lowest BCUT2D eigenvalue weighted by Gasteiger charge is -2.39. The first kappa shape index (κ1) is 15.4. The van der Waals surface area contributed by atoms with E-state index in [0.29, 0.717) is 12.1 Å². The van der Waals surface area contributed by atoms with Gasteiger partial charge in [0.2, 0.25) is 0 Å². The van der Waals surface area contributed by atoms with Crippen LogP contribution in [-0.2, 0) is 16.1 Å². The van der Waals surface area contributed by atoms with Crippen LogP contribution in [-0.4, -0.2) is 31.6 Å². The number of hydrogen-bond donors (Lipinski definition) is 2. The molecule has 5 nitrogen and oxygen atoms in total. The number of carbonyl (C=O) groups is 2. The Kier molecular flexibility index (Phi) is 4.57. The number of ether oxygens (including phenoxy) is 1. The second kappa shape index (κ2) is 6.22. The largest absolute Gasteiger partial charge is 0.468 e. The molecule has 0 unspecified atom stereocenters. The van der Waals surface area contributed by atoms with E-state index in [9.17, 15) is 14.0 Å². The average Bonchev–Trinajstić information content (AvgIpc) is 2.45. The van der Waals surface area contributed by atoms with E-state index in [1.807, 2.05) is 0 Å². The molecule has 0 heterocycles. The van der Waals surface area contributed by atoms with Gasteiger partial charge in [-0.1, -0.05) is 6.07 Å². The van der Waals surface area contributed by atoms with Gasteiger partial charge in [0, 0.05) is 13.6 Å². The third-order valence-electron chi connectivity index (χ3n) is 3.92. The van der Waals surface area contributed by atoms with Crippen molar-refractivity contribution in [2.24, 2.45) is 0 Å². The fraction of sp³-hybridized carbons (Fsp3) is 0.467. The minimum absolute atomic E-state index is 0.00701. The van der Waals surface area contributed by atoms with E-state index in [1.54, 1.807) is 6.07 Å². The molecule has 2 rings (SSSR count). The van der Waals surface area contributed by atoms with Crippen molar-refractivity contribution in [2.45, 2.75) is 31.3 Å². The van der Waals surface area contributed by atoms with Crippen molar-refractivity contribution in [3.05, 3.63) is 35.1 Å². The number of rotatable bonds is 5. The Morgan fingerprint density at radius 1 is 1.38 bits per heavy atom. The van der Waals surface area contributed by atoms with Crippen molar-refractivity contribution in [2.75, 3.05) is 14.2 Å². The highest BCUT2D eigenvalue weighted by atomic mass is 19.1. The van der Waals surface area contributed by atoms with Gasteiger partial charge in [-0.05, 0) is 37.0 Å². The van der Waals surface area contributed by atoms with Gasteiger partial charge >= 0.3 is 5.97 Å². The molecule has 0 saturated heterocycles. The smallest absolute Gasteiger partial charge is 0.326 e. The molecular weight excluding hydrogens is 275 g/mol. The third-order valence-corrected chi connectivity index (χ3v) is 3.92. The van der Waals surface area contributed by atoms with Gasteiger partial charge in [0.05, 0.1) is 12.7 Å². The van der Waals surface area contributed by atoms with E-state index < -0.39 is 17.3 Å². The highest BCUT2D eigenvalue weighted by molar-refractivity contribution is 5.94. The number of hydrogen-bond acceptors (Lipinski definition) is 4. The molecule has 1 aromatic carbocycles. The molecule has 0 aromatic heterocycles. The molecule has 1 aromatic rings. The summed E-state index contributed by atoms with van der Waals surface area (Å²) in [5.74, 6) is -1.32. The Morgan fingerprint density at radius 2 is 2.10 bits per heavy atom. The van der Waals surface area contributed by atoms with Crippen molar-refractivity contribution in [3.8, 4) is 0 Å². The van der Waals surface area contributed by atoms with E-state index in [0.717, 1.165) is 19.3 Å². The maximum atomic E-state index is 13.8. The summed E-state index contributed by atoms with van der Waals surface area (Å²) in [6, 6.07) is 4.42. The molecule has 1 fully saturated rings. The first-order valence-electron chi connectivity index (χ1n) is 6.86. The zero-order chi connectivity index (χ0) is 15.5. The Balaban J connectivity index is 2.05. The zero-order valence-corrected chi connectivity index (χ0v) is 12.2. The summed E-state index contributed by atoms with van der Waals surface area (Å²) in [4.78, 5) is 23.2. The standard InChI is InChI=1S/C15H19FN2O3/c1-17-13(19)11-5-4-10(8-12(11)16)9-18-15(6-3-7-15)14(20)21-2/h4-5,8,18H,3,6-7,9H2,1-2H3,(H,17,19). The number of halogens is 1. The molecule has 2 N–H and O–H groups in total. The molecule has 0 radical (unpaired) electrons. The number of nitrogens with one attached hydrogen (secondary N) is 2. The molecular formula is C15H19FN2O3. The lowest BCUT2D eigenvalue weighted by molar-refractivity contribution is -0.152. The number of carbonyl (C=O) groups excluding carboxylic acids is 2. The van der Waals surface area contributed by atoms with Gasteiger partial charge in [0.25, 0.3) is 5.91 Å². The summed E-state index contributed by atoms with van der Waals surface area (Å²) in [5, 5.41) is 5.53. The Labute approximate surface area is 122 Å². The van der Waals surface area contributed by atoms with E-state index in [2.05, 4.69) is 10.6 Å².